The predicted molar refractivity (Wildman–Crippen MR) is 123 cm³/mol. The molecule has 0 bridgehead atoms. The van der Waals surface area contributed by atoms with Crippen LogP contribution in [0.15, 0.2) is 104 Å². The van der Waals surface area contributed by atoms with Gasteiger partial charge in [0.2, 0.25) is 0 Å². The van der Waals surface area contributed by atoms with Crippen LogP contribution in [0.3, 0.4) is 0 Å². The average Bonchev–Trinajstić information content (AvgIpc) is 2.86. The minimum atomic E-state index is -0.967. The Morgan fingerprint density at radius 2 is 1.55 bits per heavy atom. The molecule has 0 fully saturated rings. The van der Waals surface area contributed by atoms with E-state index in [0.29, 0.717) is 11.3 Å². The van der Waals surface area contributed by atoms with Crippen molar-refractivity contribution in [3.8, 4) is 0 Å². The van der Waals surface area contributed by atoms with Crippen LogP contribution in [0.5, 0.6) is 0 Å². The molecule has 0 aliphatic heterocycles. The van der Waals surface area contributed by atoms with Crippen LogP contribution in [0.4, 0.5) is 10.1 Å². The Morgan fingerprint density at radius 3 is 2.18 bits per heavy atom. The molecule has 7 heteroatoms. The van der Waals surface area contributed by atoms with E-state index in [9.17, 15) is 14.0 Å². The Hall–Kier alpha value is -4.39. The van der Waals surface area contributed by atoms with Crippen molar-refractivity contribution in [3.05, 3.63) is 126 Å². The Bertz CT molecular complexity index is 1200. The molecule has 1 heterocycles. The van der Waals surface area contributed by atoms with E-state index in [2.05, 4.69) is 15.3 Å². The highest BCUT2D eigenvalue weighted by Crippen LogP contribution is 2.27. The van der Waals surface area contributed by atoms with E-state index in [1.165, 1.54) is 47.8 Å². The molecule has 33 heavy (non-hydrogen) atoms. The van der Waals surface area contributed by atoms with Crippen molar-refractivity contribution in [2.45, 2.75) is 12.6 Å². The van der Waals surface area contributed by atoms with E-state index in [-0.39, 0.29) is 12.2 Å². The number of hydrogen-bond donors (Lipinski definition) is 1. The summed E-state index contributed by atoms with van der Waals surface area (Å²) < 4.78 is 13.3. The van der Waals surface area contributed by atoms with Gasteiger partial charge in [0.1, 0.15) is 17.6 Å². The molecule has 0 saturated carbocycles. The van der Waals surface area contributed by atoms with Gasteiger partial charge in [0.25, 0.3) is 11.8 Å². The summed E-state index contributed by atoms with van der Waals surface area (Å²) in [6.07, 6.45) is 4.29. The summed E-state index contributed by atoms with van der Waals surface area (Å²) in [5, 5.41) is 2.80. The Labute approximate surface area is 190 Å². The van der Waals surface area contributed by atoms with Gasteiger partial charge in [0.15, 0.2) is 0 Å². The molecule has 0 saturated heterocycles. The quantitative estimate of drug-likeness (QED) is 0.454. The first-order valence-corrected chi connectivity index (χ1v) is 10.3. The highest BCUT2D eigenvalue weighted by molar-refractivity contribution is 6.00. The van der Waals surface area contributed by atoms with Crippen LogP contribution >= 0.6 is 0 Å². The molecule has 6 nitrogen and oxygen atoms in total. The summed E-state index contributed by atoms with van der Waals surface area (Å²) in [6, 6.07) is 22.9. The Morgan fingerprint density at radius 1 is 0.879 bits per heavy atom. The highest BCUT2D eigenvalue weighted by Gasteiger charge is 2.33. The predicted octanol–water partition coefficient (Wildman–Crippen LogP) is 4.64. The van der Waals surface area contributed by atoms with Crippen molar-refractivity contribution in [1.29, 1.82) is 0 Å². The van der Waals surface area contributed by atoms with Gasteiger partial charge >= 0.3 is 0 Å². The first-order chi connectivity index (χ1) is 16.1. The number of carbonyl (C=O) groups excluding carboxylic acids is 2. The molecule has 1 N–H and O–H groups in total. The van der Waals surface area contributed by atoms with Crippen LogP contribution in [-0.2, 0) is 11.3 Å². The third-order valence-corrected chi connectivity index (χ3v) is 5.03. The second kappa shape index (κ2) is 10.3. The van der Waals surface area contributed by atoms with E-state index in [1.807, 2.05) is 36.4 Å². The van der Waals surface area contributed by atoms with Gasteiger partial charge in [0, 0.05) is 24.6 Å². The number of carbonyl (C=O) groups is 2. The summed E-state index contributed by atoms with van der Waals surface area (Å²) in [5.74, 6) is -1.27. The van der Waals surface area contributed by atoms with E-state index in [0.717, 1.165) is 5.56 Å². The van der Waals surface area contributed by atoms with E-state index in [1.54, 1.807) is 24.3 Å². The minimum absolute atomic E-state index is 0.129. The maximum Gasteiger partial charge on any atom is 0.275 e. The second-order valence-corrected chi connectivity index (χ2v) is 7.32. The molecular weight excluding hydrogens is 419 g/mol. The van der Waals surface area contributed by atoms with Crippen molar-refractivity contribution in [2.75, 3.05) is 5.32 Å². The van der Waals surface area contributed by atoms with Gasteiger partial charge in [0.05, 0.1) is 6.20 Å². The van der Waals surface area contributed by atoms with Crippen LogP contribution in [0.2, 0.25) is 0 Å². The number of anilines is 1. The number of nitrogens with one attached hydrogen (secondary N) is 1. The molecule has 0 aliphatic rings. The van der Waals surface area contributed by atoms with E-state index in [4.69, 9.17) is 0 Å². The van der Waals surface area contributed by atoms with E-state index < -0.39 is 23.7 Å². The second-order valence-electron chi connectivity index (χ2n) is 7.32. The normalized spacial score (nSPS) is 11.4. The molecule has 4 aromatic rings. The zero-order valence-electron chi connectivity index (χ0n) is 17.6. The lowest BCUT2D eigenvalue weighted by atomic mass is 10.0. The molecule has 164 valence electrons. The fourth-order valence-corrected chi connectivity index (χ4v) is 3.47. The lowest BCUT2D eigenvalue weighted by molar-refractivity contribution is -0.121. The molecule has 0 radical (unpaired) electrons. The molecule has 4 rings (SSSR count). The summed E-state index contributed by atoms with van der Waals surface area (Å²) in [4.78, 5) is 36.7. The highest BCUT2D eigenvalue weighted by atomic mass is 19.1. The topological polar surface area (TPSA) is 75.2 Å². The minimum Gasteiger partial charge on any atom is -0.324 e. The number of amides is 2. The first kappa shape index (κ1) is 21.8. The van der Waals surface area contributed by atoms with Crippen molar-refractivity contribution in [2.24, 2.45) is 0 Å². The third-order valence-electron chi connectivity index (χ3n) is 5.03. The molecule has 0 aliphatic carbocycles. The van der Waals surface area contributed by atoms with Gasteiger partial charge in [-0.3, -0.25) is 14.6 Å². The van der Waals surface area contributed by atoms with Crippen LogP contribution in [0.1, 0.15) is 27.7 Å². The fourth-order valence-electron chi connectivity index (χ4n) is 3.47. The molecule has 2 amide bonds. The zero-order valence-corrected chi connectivity index (χ0v) is 17.6. The summed E-state index contributed by atoms with van der Waals surface area (Å²) in [7, 11) is 0. The van der Waals surface area contributed by atoms with Gasteiger partial charge in [-0.2, -0.15) is 0 Å². The average molecular weight is 440 g/mol. The van der Waals surface area contributed by atoms with Gasteiger partial charge < -0.3 is 10.2 Å². The molecule has 3 aromatic carbocycles. The van der Waals surface area contributed by atoms with E-state index >= 15 is 0 Å². The first-order valence-electron chi connectivity index (χ1n) is 10.3. The maximum absolute atomic E-state index is 13.6. The van der Waals surface area contributed by atoms with Gasteiger partial charge in [-0.1, -0.05) is 60.7 Å². The van der Waals surface area contributed by atoms with Gasteiger partial charge in [-0.05, 0) is 35.4 Å². The fraction of sp³-hybridized carbons (Fsp3) is 0.0769. The number of aromatic nitrogens is 2. The monoisotopic (exact) mass is 440 g/mol. The maximum atomic E-state index is 13.6. The Balaban J connectivity index is 1.75. The van der Waals surface area contributed by atoms with Crippen LogP contribution in [-0.4, -0.2) is 26.7 Å². The summed E-state index contributed by atoms with van der Waals surface area (Å²) >= 11 is 0. The molecule has 0 spiro atoms. The third kappa shape index (κ3) is 5.46. The molecule has 1 aromatic heterocycles. The summed E-state index contributed by atoms with van der Waals surface area (Å²) in [6.45, 7) is 0.173. The van der Waals surface area contributed by atoms with Gasteiger partial charge in [-0.15, -0.1) is 0 Å². The SMILES string of the molecule is O=C(Nc1ccc(F)cc1)C(c1ccccc1)N(Cc1ccccc1)C(=O)c1cnccn1. The van der Waals surface area contributed by atoms with Crippen molar-refractivity contribution in [1.82, 2.24) is 14.9 Å². The number of benzene rings is 3. The molecule has 1 atom stereocenters. The standard InChI is InChI=1S/C26H21FN4O2/c27-21-11-13-22(14-12-21)30-25(32)24(20-9-5-2-6-10-20)31(18-19-7-3-1-4-8-19)26(33)23-17-28-15-16-29-23/h1-17,24H,18H2,(H,30,32). The number of rotatable bonds is 7. The van der Waals surface area contributed by atoms with Crippen molar-refractivity contribution in [3.63, 3.8) is 0 Å². The molecule has 1 unspecified atom stereocenters. The lowest BCUT2D eigenvalue weighted by Gasteiger charge is -2.31. The largest absolute Gasteiger partial charge is 0.324 e. The van der Waals surface area contributed by atoms with Gasteiger partial charge in [-0.25, -0.2) is 9.37 Å². The Kier molecular flexibility index (Phi) is 6.80. The van der Waals surface area contributed by atoms with Crippen molar-refractivity contribution >= 4 is 17.5 Å². The summed E-state index contributed by atoms with van der Waals surface area (Å²) in [5.41, 5.74) is 2.04. The lowest BCUT2D eigenvalue weighted by Crippen LogP contribution is -2.41. The number of hydrogen-bond acceptors (Lipinski definition) is 4. The number of nitrogens with zero attached hydrogens (tertiary/aromatic N) is 3. The molecular formula is C26H21FN4O2. The van der Waals surface area contributed by atoms with Crippen LogP contribution in [0, 0.1) is 5.82 Å². The zero-order chi connectivity index (χ0) is 23.0. The number of halogens is 1. The smallest absolute Gasteiger partial charge is 0.275 e. The van der Waals surface area contributed by atoms with Crippen molar-refractivity contribution < 1.29 is 14.0 Å². The van der Waals surface area contributed by atoms with Crippen LogP contribution in [0.25, 0.3) is 0 Å². The van der Waals surface area contributed by atoms with Crippen LogP contribution < -0.4 is 5.32 Å².